The van der Waals surface area contributed by atoms with Crippen molar-refractivity contribution in [2.24, 2.45) is 0 Å². The fourth-order valence-corrected chi connectivity index (χ4v) is 2.31. The number of ether oxygens (including phenoxy) is 1. The van der Waals surface area contributed by atoms with E-state index in [0.29, 0.717) is 11.4 Å². The largest absolute Gasteiger partial charge is 0.493 e. The van der Waals surface area contributed by atoms with Crippen LogP contribution in [0.15, 0.2) is 30.5 Å². The Morgan fingerprint density at radius 2 is 1.95 bits per heavy atom. The average molecular weight is 289 g/mol. The van der Waals surface area contributed by atoms with Crippen LogP contribution in [0.3, 0.4) is 0 Å². The SMILES string of the molecule is CCCn1ncc(OC)c1C(O)c1ccc(N(C)C)cc1. The number of aliphatic hydroxyl groups is 1. The number of nitrogens with zero attached hydrogens (tertiary/aromatic N) is 3. The second kappa shape index (κ2) is 6.63. The molecule has 5 nitrogen and oxygen atoms in total. The molecule has 0 amide bonds. The number of aromatic nitrogens is 2. The van der Waals surface area contributed by atoms with Crippen molar-refractivity contribution in [1.29, 1.82) is 0 Å². The number of methoxy groups -OCH3 is 1. The molecule has 1 aromatic carbocycles. The van der Waals surface area contributed by atoms with Crippen molar-refractivity contribution in [2.75, 3.05) is 26.1 Å². The van der Waals surface area contributed by atoms with Gasteiger partial charge in [-0.2, -0.15) is 5.10 Å². The van der Waals surface area contributed by atoms with Gasteiger partial charge in [0.1, 0.15) is 11.8 Å². The van der Waals surface area contributed by atoms with Crippen molar-refractivity contribution < 1.29 is 9.84 Å². The summed E-state index contributed by atoms with van der Waals surface area (Å²) >= 11 is 0. The van der Waals surface area contributed by atoms with Crippen molar-refractivity contribution in [3.8, 4) is 5.75 Å². The monoisotopic (exact) mass is 289 g/mol. The highest BCUT2D eigenvalue weighted by Gasteiger charge is 2.21. The molecule has 2 rings (SSSR count). The summed E-state index contributed by atoms with van der Waals surface area (Å²) in [6, 6.07) is 7.85. The van der Waals surface area contributed by atoms with E-state index < -0.39 is 6.10 Å². The van der Waals surface area contributed by atoms with Crippen LogP contribution in [0, 0.1) is 0 Å². The number of rotatable bonds is 6. The molecule has 21 heavy (non-hydrogen) atoms. The van der Waals surface area contributed by atoms with E-state index in [0.717, 1.165) is 24.2 Å². The molecule has 0 aliphatic rings. The van der Waals surface area contributed by atoms with Gasteiger partial charge in [-0.3, -0.25) is 4.68 Å². The number of aryl methyl sites for hydroxylation is 1. The van der Waals surface area contributed by atoms with Gasteiger partial charge in [0.2, 0.25) is 0 Å². The van der Waals surface area contributed by atoms with E-state index in [9.17, 15) is 5.11 Å². The van der Waals surface area contributed by atoms with Crippen LogP contribution in [0.1, 0.15) is 30.7 Å². The minimum absolute atomic E-state index is 0.618. The third kappa shape index (κ3) is 3.19. The third-order valence-electron chi connectivity index (χ3n) is 3.48. The highest BCUT2D eigenvalue weighted by atomic mass is 16.5. The van der Waals surface area contributed by atoms with Crippen LogP contribution in [-0.4, -0.2) is 36.1 Å². The van der Waals surface area contributed by atoms with E-state index >= 15 is 0 Å². The van der Waals surface area contributed by atoms with E-state index in [2.05, 4.69) is 12.0 Å². The van der Waals surface area contributed by atoms with Crippen molar-refractivity contribution in [1.82, 2.24) is 9.78 Å². The molecule has 0 saturated carbocycles. The first kappa shape index (κ1) is 15.4. The highest BCUT2D eigenvalue weighted by molar-refractivity contribution is 5.47. The molecule has 0 fully saturated rings. The predicted molar refractivity (Wildman–Crippen MR) is 83.9 cm³/mol. The Bertz CT molecular complexity index is 576. The normalized spacial score (nSPS) is 12.2. The maximum atomic E-state index is 10.7. The topological polar surface area (TPSA) is 50.5 Å². The summed E-state index contributed by atoms with van der Waals surface area (Å²) in [5, 5.41) is 15.0. The van der Waals surface area contributed by atoms with E-state index in [1.54, 1.807) is 13.3 Å². The average Bonchev–Trinajstić information content (AvgIpc) is 2.90. The standard InChI is InChI=1S/C16H23N3O2/c1-5-10-19-15(14(21-4)11-17-19)16(20)12-6-8-13(9-7-12)18(2)3/h6-9,11,16,20H,5,10H2,1-4H3. The lowest BCUT2D eigenvalue weighted by Gasteiger charge is -2.17. The van der Waals surface area contributed by atoms with Crippen LogP contribution in [0.4, 0.5) is 5.69 Å². The van der Waals surface area contributed by atoms with Gasteiger partial charge in [0.25, 0.3) is 0 Å². The summed E-state index contributed by atoms with van der Waals surface area (Å²) in [5.74, 6) is 0.618. The Balaban J connectivity index is 2.34. The van der Waals surface area contributed by atoms with Crippen molar-refractivity contribution in [3.63, 3.8) is 0 Å². The van der Waals surface area contributed by atoms with Crippen LogP contribution >= 0.6 is 0 Å². The number of benzene rings is 1. The zero-order chi connectivity index (χ0) is 15.4. The molecule has 1 heterocycles. The predicted octanol–water partition coefficient (Wildman–Crippen LogP) is 2.45. The number of anilines is 1. The zero-order valence-corrected chi connectivity index (χ0v) is 13.1. The molecular weight excluding hydrogens is 266 g/mol. The van der Waals surface area contributed by atoms with Crippen LogP contribution in [0.5, 0.6) is 5.75 Å². The van der Waals surface area contributed by atoms with Gasteiger partial charge in [-0.1, -0.05) is 19.1 Å². The summed E-state index contributed by atoms with van der Waals surface area (Å²) in [6.45, 7) is 2.84. The summed E-state index contributed by atoms with van der Waals surface area (Å²) in [7, 11) is 5.58. The molecule has 0 spiro atoms. The first-order chi connectivity index (χ1) is 10.1. The minimum atomic E-state index is -0.745. The van der Waals surface area contributed by atoms with E-state index in [1.165, 1.54) is 0 Å². The van der Waals surface area contributed by atoms with Gasteiger partial charge >= 0.3 is 0 Å². The molecule has 114 valence electrons. The lowest BCUT2D eigenvalue weighted by Crippen LogP contribution is -2.12. The van der Waals surface area contributed by atoms with E-state index in [-0.39, 0.29) is 0 Å². The van der Waals surface area contributed by atoms with Crippen LogP contribution in [0.2, 0.25) is 0 Å². The minimum Gasteiger partial charge on any atom is -0.493 e. The summed E-state index contributed by atoms with van der Waals surface area (Å²) in [6.07, 6.45) is 1.86. The van der Waals surface area contributed by atoms with Gasteiger partial charge in [-0.05, 0) is 24.1 Å². The molecular formula is C16H23N3O2. The van der Waals surface area contributed by atoms with Crippen molar-refractivity contribution >= 4 is 5.69 Å². The van der Waals surface area contributed by atoms with E-state index in [4.69, 9.17) is 4.74 Å². The second-order valence-electron chi connectivity index (χ2n) is 5.21. The van der Waals surface area contributed by atoms with Gasteiger partial charge < -0.3 is 14.7 Å². The van der Waals surface area contributed by atoms with Gasteiger partial charge in [0.05, 0.1) is 13.3 Å². The molecule has 1 N–H and O–H groups in total. The number of aliphatic hydroxyl groups excluding tert-OH is 1. The van der Waals surface area contributed by atoms with Crippen molar-refractivity contribution in [3.05, 3.63) is 41.7 Å². The quantitative estimate of drug-likeness (QED) is 0.887. The van der Waals surface area contributed by atoms with Gasteiger partial charge in [0.15, 0.2) is 5.75 Å². The molecule has 5 heteroatoms. The molecule has 0 aliphatic carbocycles. The fourth-order valence-electron chi connectivity index (χ4n) is 2.31. The lowest BCUT2D eigenvalue weighted by atomic mass is 10.1. The Morgan fingerprint density at radius 3 is 2.48 bits per heavy atom. The van der Waals surface area contributed by atoms with Gasteiger partial charge in [-0.25, -0.2) is 0 Å². The molecule has 1 aromatic heterocycles. The number of hydrogen-bond donors (Lipinski definition) is 1. The highest BCUT2D eigenvalue weighted by Crippen LogP contribution is 2.30. The van der Waals surface area contributed by atoms with E-state index in [1.807, 2.05) is 47.9 Å². The molecule has 2 aromatic rings. The van der Waals surface area contributed by atoms with Crippen molar-refractivity contribution in [2.45, 2.75) is 26.0 Å². The molecule has 1 unspecified atom stereocenters. The summed E-state index contributed by atoms with van der Waals surface area (Å²) in [5.41, 5.74) is 2.63. The molecule has 0 saturated heterocycles. The Labute approximate surface area is 125 Å². The lowest BCUT2D eigenvalue weighted by molar-refractivity contribution is 0.202. The molecule has 1 atom stereocenters. The summed E-state index contributed by atoms with van der Waals surface area (Å²) < 4.78 is 7.13. The Morgan fingerprint density at radius 1 is 1.29 bits per heavy atom. The van der Waals surface area contributed by atoms with Crippen LogP contribution < -0.4 is 9.64 Å². The fraction of sp³-hybridized carbons (Fsp3) is 0.438. The Hall–Kier alpha value is -2.01. The molecule has 0 aliphatic heterocycles. The number of hydrogen-bond acceptors (Lipinski definition) is 4. The van der Waals surface area contributed by atoms with Crippen LogP contribution in [0.25, 0.3) is 0 Å². The smallest absolute Gasteiger partial charge is 0.163 e. The van der Waals surface area contributed by atoms with Gasteiger partial charge in [-0.15, -0.1) is 0 Å². The molecule has 0 bridgehead atoms. The molecule has 0 radical (unpaired) electrons. The Kier molecular flexibility index (Phi) is 4.85. The maximum Gasteiger partial charge on any atom is 0.163 e. The maximum absolute atomic E-state index is 10.7. The zero-order valence-electron chi connectivity index (χ0n) is 13.1. The first-order valence-corrected chi connectivity index (χ1v) is 7.13. The first-order valence-electron chi connectivity index (χ1n) is 7.13. The third-order valence-corrected chi connectivity index (χ3v) is 3.48. The van der Waals surface area contributed by atoms with Gasteiger partial charge in [0, 0.05) is 26.3 Å². The van der Waals surface area contributed by atoms with Crippen LogP contribution in [-0.2, 0) is 6.54 Å². The second-order valence-corrected chi connectivity index (χ2v) is 5.21. The summed E-state index contributed by atoms with van der Waals surface area (Å²) in [4.78, 5) is 2.03.